The second-order valence-electron chi connectivity index (χ2n) is 9.03. The Hall–Kier alpha value is -1.32. The van der Waals surface area contributed by atoms with Crippen LogP contribution in [0.5, 0.6) is 0 Å². The van der Waals surface area contributed by atoms with Gasteiger partial charge in [-0.1, -0.05) is 12.2 Å². The number of allylic oxidation sites excluding steroid dienone is 2. The van der Waals surface area contributed by atoms with Crippen LogP contribution >= 0.6 is 0 Å². The Balaban J connectivity index is 1.22. The molecule has 5 saturated carbocycles. The van der Waals surface area contributed by atoms with E-state index in [-0.39, 0.29) is 23.1 Å². The molecule has 4 heteroatoms. The fourth-order valence-electron chi connectivity index (χ4n) is 6.81. The molecular weight excluding hydrogens is 288 g/mol. The number of hydrogen-bond acceptors (Lipinski definition) is 2. The average molecular weight is 314 g/mol. The third-order valence-electron chi connectivity index (χ3n) is 7.43. The van der Waals surface area contributed by atoms with Crippen molar-refractivity contribution in [2.24, 2.45) is 40.9 Å². The Morgan fingerprint density at radius 2 is 1.48 bits per heavy atom. The number of hydrogen-bond donors (Lipinski definition) is 2. The highest BCUT2D eigenvalue weighted by atomic mass is 16.2. The molecule has 0 aromatic rings. The van der Waals surface area contributed by atoms with Gasteiger partial charge < -0.3 is 0 Å². The molecule has 6 aliphatic carbocycles. The first-order chi connectivity index (χ1) is 11.1. The van der Waals surface area contributed by atoms with Gasteiger partial charge in [-0.25, -0.2) is 0 Å². The van der Waals surface area contributed by atoms with Gasteiger partial charge in [-0.2, -0.15) is 0 Å². The summed E-state index contributed by atoms with van der Waals surface area (Å²) in [5.74, 6) is 3.37. The van der Waals surface area contributed by atoms with Crippen LogP contribution in [0.25, 0.3) is 0 Å². The van der Waals surface area contributed by atoms with Gasteiger partial charge in [-0.3, -0.25) is 20.4 Å². The van der Waals surface area contributed by atoms with Gasteiger partial charge in [0.2, 0.25) is 11.8 Å². The first-order valence-electron chi connectivity index (χ1n) is 9.40. The summed E-state index contributed by atoms with van der Waals surface area (Å²) < 4.78 is 0. The number of hydrazine groups is 1. The van der Waals surface area contributed by atoms with E-state index in [1.165, 1.54) is 19.3 Å². The van der Waals surface area contributed by atoms with Gasteiger partial charge in [0, 0.05) is 5.92 Å². The lowest BCUT2D eigenvalue weighted by Crippen LogP contribution is -2.57. The molecule has 6 bridgehead atoms. The summed E-state index contributed by atoms with van der Waals surface area (Å²) in [6, 6.07) is 0. The van der Waals surface area contributed by atoms with E-state index < -0.39 is 0 Å². The van der Waals surface area contributed by atoms with Gasteiger partial charge in [0.05, 0.1) is 5.41 Å². The van der Waals surface area contributed by atoms with Gasteiger partial charge in [0.25, 0.3) is 0 Å². The molecule has 0 heterocycles. The summed E-state index contributed by atoms with van der Waals surface area (Å²) in [6.45, 7) is 0. The second kappa shape index (κ2) is 4.84. The summed E-state index contributed by atoms with van der Waals surface area (Å²) in [7, 11) is 0. The molecule has 124 valence electrons. The van der Waals surface area contributed by atoms with Crippen LogP contribution in [0.4, 0.5) is 0 Å². The number of rotatable bonds is 2. The minimum Gasteiger partial charge on any atom is -0.273 e. The van der Waals surface area contributed by atoms with E-state index in [0.717, 1.165) is 49.9 Å². The molecule has 6 rings (SSSR count). The highest BCUT2D eigenvalue weighted by Crippen LogP contribution is 2.60. The summed E-state index contributed by atoms with van der Waals surface area (Å²) in [4.78, 5) is 25.2. The Morgan fingerprint density at radius 1 is 0.826 bits per heavy atom. The molecule has 2 amide bonds. The van der Waals surface area contributed by atoms with Crippen LogP contribution in [-0.4, -0.2) is 11.8 Å². The van der Waals surface area contributed by atoms with E-state index in [1.807, 2.05) is 0 Å². The monoisotopic (exact) mass is 314 g/mol. The predicted molar refractivity (Wildman–Crippen MR) is 85.7 cm³/mol. The van der Waals surface area contributed by atoms with Crippen molar-refractivity contribution in [2.75, 3.05) is 0 Å². The highest BCUT2D eigenvalue weighted by Gasteiger charge is 2.54. The third kappa shape index (κ3) is 2.17. The van der Waals surface area contributed by atoms with Gasteiger partial charge in [-0.15, -0.1) is 0 Å². The minimum absolute atomic E-state index is 0.0138. The number of fused-ring (bicyclic) bond motifs is 2. The van der Waals surface area contributed by atoms with Crippen LogP contribution in [0, 0.1) is 40.9 Å². The molecule has 0 spiro atoms. The summed E-state index contributed by atoms with van der Waals surface area (Å²) >= 11 is 0. The van der Waals surface area contributed by atoms with Crippen molar-refractivity contribution in [3.63, 3.8) is 0 Å². The minimum atomic E-state index is -0.184. The van der Waals surface area contributed by atoms with E-state index in [4.69, 9.17) is 0 Å². The van der Waals surface area contributed by atoms with Crippen LogP contribution in [0.3, 0.4) is 0 Å². The quantitative estimate of drug-likeness (QED) is 0.608. The molecule has 4 nitrogen and oxygen atoms in total. The van der Waals surface area contributed by atoms with Crippen LogP contribution in [0.2, 0.25) is 0 Å². The summed E-state index contributed by atoms with van der Waals surface area (Å²) in [5.41, 5.74) is 5.39. The van der Waals surface area contributed by atoms with E-state index >= 15 is 0 Å². The summed E-state index contributed by atoms with van der Waals surface area (Å²) in [6.07, 6.45) is 13.6. The largest absolute Gasteiger partial charge is 0.273 e. The lowest BCUT2D eigenvalue weighted by Gasteiger charge is -2.55. The number of nitrogens with one attached hydrogen (secondary N) is 2. The average Bonchev–Trinajstić information content (AvgIpc) is 3.14. The number of carbonyl (C=O) groups excluding carboxylic acids is 2. The predicted octanol–water partition coefficient (Wildman–Crippen LogP) is 2.56. The van der Waals surface area contributed by atoms with Crippen LogP contribution in [0.15, 0.2) is 12.2 Å². The van der Waals surface area contributed by atoms with E-state index in [1.54, 1.807) is 0 Å². The number of amides is 2. The van der Waals surface area contributed by atoms with Crippen LogP contribution < -0.4 is 10.9 Å². The van der Waals surface area contributed by atoms with Crippen molar-refractivity contribution in [3.05, 3.63) is 12.2 Å². The Morgan fingerprint density at radius 3 is 2.00 bits per heavy atom. The fraction of sp³-hybridized carbons (Fsp3) is 0.789. The maximum atomic E-state index is 12.8. The zero-order valence-corrected chi connectivity index (χ0v) is 13.6. The smallest absolute Gasteiger partial charge is 0.244 e. The molecule has 0 aromatic carbocycles. The lowest BCUT2D eigenvalue weighted by molar-refractivity contribution is -0.149. The van der Waals surface area contributed by atoms with Crippen molar-refractivity contribution < 1.29 is 9.59 Å². The molecular formula is C19H26N2O2. The van der Waals surface area contributed by atoms with Crippen molar-refractivity contribution >= 4 is 11.8 Å². The number of carbonyl (C=O) groups is 2. The van der Waals surface area contributed by atoms with E-state index in [2.05, 4.69) is 23.0 Å². The molecule has 23 heavy (non-hydrogen) atoms. The zero-order valence-electron chi connectivity index (χ0n) is 13.6. The molecule has 6 aliphatic rings. The zero-order chi connectivity index (χ0) is 15.6. The van der Waals surface area contributed by atoms with Gasteiger partial charge in [0.1, 0.15) is 0 Å². The molecule has 0 unspecified atom stereocenters. The molecule has 0 radical (unpaired) electrons. The SMILES string of the molecule is O=C(NNC(=O)C12CC3CC(CC(C3)C1)C2)[C@@H]1C[C@@H]2C=C[C@H]1C2. The molecule has 5 fully saturated rings. The molecule has 3 atom stereocenters. The maximum absolute atomic E-state index is 12.8. The van der Waals surface area contributed by atoms with Crippen LogP contribution in [0.1, 0.15) is 51.4 Å². The van der Waals surface area contributed by atoms with E-state index in [9.17, 15) is 9.59 Å². The van der Waals surface area contributed by atoms with Crippen molar-refractivity contribution in [1.82, 2.24) is 10.9 Å². The summed E-state index contributed by atoms with van der Waals surface area (Å²) in [5, 5.41) is 0. The van der Waals surface area contributed by atoms with Crippen LogP contribution in [-0.2, 0) is 9.59 Å². The topological polar surface area (TPSA) is 58.2 Å². The molecule has 0 saturated heterocycles. The Bertz CT molecular complexity index is 547. The Labute approximate surface area is 137 Å². The molecule has 0 aliphatic heterocycles. The van der Waals surface area contributed by atoms with Gasteiger partial charge >= 0.3 is 0 Å². The van der Waals surface area contributed by atoms with Gasteiger partial charge in [-0.05, 0) is 81.0 Å². The standard InChI is InChI=1S/C19H26N2O2/c22-17(16-7-11-1-2-15(16)6-11)20-21-18(23)19-8-12-3-13(9-19)5-14(4-12)10-19/h1-2,11-16H,3-10H2,(H,20,22)(H,21,23)/t11-,12?,13?,14?,15+,16-,19?/m1/s1. The highest BCUT2D eigenvalue weighted by molar-refractivity contribution is 5.87. The Kier molecular flexibility index (Phi) is 2.96. The normalized spacial score (nSPS) is 48.7. The first-order valence-corrected chi connectivity index (χ1v) is 9.40. The fourth-order valence-corrected chi connectivity index (χ4v) is 6.81. The van der Waals surface area contributed by atoms with Crippen molar-refractivity contribution in [1.29, 1.82) is 0 Å². The van der Waals surface area contributed by atoms with Crippen molar-refractivity contribution in [3.8, 4) is 0 Å². The first kappa shape index (κ1) is 14.1. The lowest BCUT2D eigenvalue weighted by atomic mass is 9.49. The second-order valence-corrected chi connectivity index (χ2v) is 9.03. The molecule has 0 aromatic heterocycles. The third-order valence-corrected chi connectivity index (χ3v) is 7.43. The van der Waals surface area contributed by atoms with Crippen molar-refractivity contribution in [2.45, 2.75) is 51.4 Å². The van der Waals surface area contributed by atoms with Gasteiger partial charge in [0.15, 0.2) is 0 Å². The van der Waals surface area contributed by atoms with E-state index in [0.29, 0.717) is 11.8 Å². The maximum Gasteiger partial charge on any atom is 0.244 e. The molecule has 2 N–H and O–H groups in total.